The van der Waals surface area contributed by atoms with Crippen LogP contribution in [0.1, 0.15) is 43.4 Å². The number of likely N-dealkylation sites (tertiary alicyclic amines) is 1. The van der Waals surface area contributed by atoms with E-state index in [0.717, 1.165) is 36.6 Å². The molecule has 1 aliphatic rings. The largest absolute Gasteiger partial charge is 0.341 e. The van der Waals surface area contributed by atoms with Crippen LogP contribution in [-0.2, 0) is 4.79 Å². The second-order valence-electron chi connectivity index (χ2n) is 4.93. The van der Waals surface area contributed by atoms with Crippen LogP contribution in [-0.4, -0.2) is 34.9 Å². The predicted octanol–water partition coefficient (Wildman–Crippen LogP) is 2.11. The lowest BCUT2D eigenvalue weighted by molar-refractivity contribution is -0.132. The number of rotatable bonds is 4. The zero-order chi connectivity index (χ0) is 13.1. The Bertz CT molecular complexity index is 412. The maximum Gasteiger partial charge on any atom is 0.239 e. The molecule has 2 atom stereocenters. The fourth-order valence-electron chi connectivity index (χ4n) is 2.32. The Morgan fingerprint density at radius 3 is 2.67 bits per heavy atom. The molecule has 0 radical (unpaired) electrons. The van der Waals surface area contributed by atoms with Gasteiger partial charge >= 0.3 is 0 Å². The monoisotopic (exact) mass is 267 g/mol. The molecule has 0 spiro atoms. The number of carbonyl (C=O) groups is 1. The van der Waals surface area contributed by atoms with Crippen molar-refractivity contribution in [1.82, 2.24) is 15.2 Å². The maximum absolute atomic E-state index is 12.2. The van der Waals surface area contributed by atoms with Crippen molar-refractivity contribution < 1.29 is 4.79 Å². The van der Waals surface area contributed by atoms with E-state index < -0.39 is 0 Å². The minimum atomic E-state index is -0.139. The summed E-state index contributed by atoms with van der Waals surface area (Å²) in [5.74, 6) is 0.214. The van der Waals surface area contributed by atoms with Gasteiger partial charge in [0.2, 0.25) is 5.91 Å². The summed E-state index contributed by atoms with van der Waals surface area (Å²) in [4.78, 5) is 18.6. The Kier molecular flexibility index (Phi) is 4.35. The molecule has 1 saturated heterocycles. The number of hydrogen-bond donors (Lipinski definition) is 1. The number of amides is 1. The van der Waals surface area contributed by atoms with E-state index in [1.165, 1.54) is 0 Å². The number of carbonyl (C=O) groups excluding carboxylic acids is 1. The zero-order valence-electron chi connectivity index (χ0n) is 11.3. The molecule has 5 heteroatoms. The molecule has 1 aromatic heterocycles. The average molecular weight is 267 g/mol. The SMILES string of the molecule is Cc1nc(C(C)NC(C)C(=O)N2CCCC2)cs1. The average Bonchev–Trinajstić information content (AvgIpc) is 2.98. The molecule has 2 rings (SSSR count). The molecule has 100 valence electrons. The number of aryl methyl sites for hydroxylation is 1. The molecule has 18 heavy (non-hydrogen) atoms. The maximum atomic E-state index is 12.2. The van der Waals surface area contributed by atoms with Gasteiger partial charge in [0.15, 0.2) is 0 Å². The van der Waals surface area contributed by atoms with Gasteiger partial charge in [-0.25, -0.2) is 4.98 Å². The Morgan fingerprint density at radius 1 is 1.44 bits per heavy atom. The highest BCUT2D eigenvalue weighted by Crippen LogP contribution is 2.17. The normalized spacial score (nSPS) is 18.9. The van der Waals surface area contributed by atoms with E-state index in [1.807, 2.05) is 18.7 Å². The number of aromatic nitrogens is 1. The van der Waals surface area contributed by atoms with E-state index in [-0.39, 0.29) is 18.0 Å². The number of nitrogens with one attached hydrogen (secondary N) is 1. The molecule has 2 heterocycles. The van der Waals surface area contributed by atoms with Gasteiger partial charge in [-0.05, 0) is 33.6 Å². The van der Waals surface area contributed by atoms with Gasteiger partial charge in [-0.1, -0.05) is 0 Å². The molecule has 1 fully saturated rings. The summed E-state index contributed by atoms with van der Waals surface area (Å²) in [7, 11) is 0. The number of nitrogens with zero attached hydrogens (tertiary/aromatic N) is 2. The van der Waals surface area contributed by atoms with E-state index in [0.29, 0.717) is 0 Å². The third-order valence-electron chi connectivity index (χ3n) is 3.37. The summed E-state index contributed by atoms with van der Waals surface area (Å²) in [6.07, 6.45) is 2.28. The lowest BCUT2D eigenvalue weighted by Gasteiger charge is -2.23. The summed E-state index contributed by atoms with van der Waals surface area (Å²) in [5, 5.41) is 6.46. The van der Waals surface area contributed by atoms with Gasteiger partial charge in [0.25, 0.3) is 0 Å². The third-order valence-corrected chi connectivity index (χ3v) is 4.16. The van der Waals surface area contributed by atoms with E-state index in [1.54, 1.807) is 11.3 Å². The van der Waals surface area contributed by atoms with Crippen molar-refractivity contribution in [3.05, 3.63) is 16.1 Å². The first-order valence-corrected chi connectivity index (χ1v) is 7.42. The summed E-state index contributed by atoms with van der Waals surface area (Å²) in [5.41, 5.74) is 1.03. The molecule has 2 unspecified atom stereocenters. The first kappa shape index (κ1) is 13.5. The highest BCUT2D eigenvalue weighted by atomic mass is 32.1. The van der Waals surface area contributed by atoms with Gasteiger partial charge in [-0.15, -0.1) is 11.3 Å². The van der Waals surface area contributed by atoms with Gasteiger partial charge < -0.3 is 4.90 Å². The van der Waals surface area contributed by atoms with E-state index in [4.69, 9.17) is 0 Å². The summed E-state index contributed by atoms with van der Waals surface area (Å²) < 4.78 is 0. The van der Waals surface area contributed by atoms with Crippen LogP contribution in [0.4, 0.5) is 0 Å². The quantitative estimate of drug-likeness (QED) is 0.909. The minimum Gasteiger partial charge on any atom is -0.341 e. The number of thiazole rings is 1. The van der Waals surface area contributed by atoms with Crippen LogP contribution in [0.2, 0.25) is 0 Å². The zero-order valence-corrected chi connectivity index (χ0v) is 12.1. The van der Waals surface area contributed by atoms with Gasteiger partial charge in [0.05, 0.1) is 16.7 Å². The molecule has 1 aromatic rings. The van der Waals surface area contributed by atoms with Gasteiger partial charge in [-0.2, -0.15) is 0 Å². The standard InChI is InChI=1S/C13H21N3OS/c1-9(12-8-18-11(3)15-12)14-10(2)13(17)16-6-4-5-7-16/h8-10,14H,4-7H2,1-3H3. The van der Waals surface area contributed by atoms with Crippen LogP contribution in [0, 0.1) is 6.92 Å². The fourth-order valence-corrected chi connectivity index (χ4v) is 3.03. The smallest absolute Gasteiger partial charge is 0.239 e. The van der Waals surface area contributed by atoms with E-state index >= 15 is 0 Å². The number of hydrogen-bond acceptors (Lipinski definition) is 4. The molecule has 4 nitrogen and oxygen atoms in total. The first-order valence-electron chi connectivity index (χ1n) is 6.55. The van der Waals surface area contributed by atoms with Crippen LogP contribution < -0.4 is 5.32 Å². The van der Waals surface area contributed by atoms with Gasteiger partial charge in [0.1, 0.15) is 0 Å². The summed E-state index contributed by atoms with van der Waals surface area (Å²) in [6.45, 7) is 7.82. The van der Waals surface area contributed by atoms with Crippen LogP contribution in [0.25, 0.3) is 0 Å². The lowest BCUT2D eigenvalue weighted by Crippen LogP contribution is -2.44. The molecule has 1 aliphatic heterocycles. The van der Waals surface area contributed by atoms with Crippen molar-refractivity contribution in [2.75, 3.05) is 13.1 Å². The van der Waals surface area contributed by atoms with Crippen molar-refractivity contribution in [2.45, 2.75) is 45.7 Å². The summed E-state index contributed by atoms with van der Waals surface area (Å²) >= 11 is 1.65. The topological polar surface area (TPSA) is 45.2 Å². The first-order chi connectivity index (χ1) is 8.58. The van der Waals surface area contributed by atoms with Crippen LogP contribution in [0.5, 0.6) is 0 Å². The third kappa shape index (κ3) is 3.09. The highest BCUT2D eigenvalue weighted by molar-refractivity contribution is 7.09. The van der Waals surface area contributed by atoms with Crippen molar-refractivity contribution >= 4 is 17.2 Å². The van der Waals surface area contributed by atoms with Crippen molar-refractivity contribution in [2.24, 2.45) is 0 Å². The van der Waals surface area contributed by atoms with Crippen LogP contribution in [0.15, 0.2) is 5.38 Å². The van der Waals surface area contributed by atoms with Crippen molar-refractivity contribution in [3.8, 4) is 0 Å². The molecular formula is C13H21N3OS. The van der Waals surface area contributed by atoms with Crippen LogP contribution in [0.3, 0.4) is 0 Å². The van der Waals surface area contributed by atoms with Crippen molar-refractivity contribution in [3.63, 3.8) is 0 Å². The Labute approximate surface area is 112 Å². The van der Waals surface area contributed by atoms with Crippen LogP contribution >= 0.6 is 11.3 Å². The van der Waals surface area contributed by atoms with Gasteiger partial charge in [0, 0.05) is 24.5 Å². The fraction of sp³-hybridized carbons (Fsp3) is 0.692. The summed E-state index contributed by atoms with van der Waals surface area (Å²) in [6, 6.07) is -0.0170. The molecule has 0 aliphatic carbocycles. The predicted molar refractivity (Wildman–Crippen MR) is 73.7 cm³/mol. The lowest BCUT2D eigenvalue weighted by atomic mass is 10.2. The highest BCUT2D eigenvalue weighted by Gasteiger charge is 2.24. The molecule has 1 amide bonds. The molecule has 0 saturated carbocycles. The van der Waals surface area contributed by atoms with Gasteiger partial charge in [-0.3, -0.25) is 10.1 Å². The molecule has 0 bridgehead atoms. The Morgan fingerprint density at radius 2 is 2.11 bits per heavy atom. The minimum absolute atomic E-state index is 0.122. The van der Waals surface area contributed by atoms with Crippen molar-refractivity contribution in [1.29, 1.82) is 0 Å². The van der Waals surface area contributed by atoms with E-state index in [2.05, 4.69) is 22.6 Å². The second-order valence-corrected chi connectivity index (χ2v) is 6.00. The Balaban J connectivity index is 1.90. The molecule has 0 aromatic carbocycles. The molecular weight excluding hydrogens is 246 g/mol. The van der Waals surface area contributed by atoms with E-state index in [9.17, 15) is 4.79 Å². The second kappa shape index (κ2) is 5.80. The Hall–Kier alpha value is -0.940. The molecule has 1 N–H and O–H groups in total.